The lowest BCUT2D eigenvalue weighted by Crippen LogP contribution is -2.33. The third-order valence-electron chi connectivity index (χ3n) is 3.22. The summed E-state index contributed by atoms with van der Waals surface area (Å²) in [6.45, 7) is 3.72. The maximum Gasteiger partial charge on any atom is 0.319 e. The summed E-state index contributed by atoms with van der Waals surface area (Å²) < 4.78 is 22.6. The van der Waals surface area contributed by atoms with Crippen molar-refractivity contribution in [1.29, 1.82) is 0 Å². The van der Waals surface area contributed by atoms with Crippen LogP contribution in [-0.2, 0) is 9.84 Å². The molecule has 118 valence electrons. The average Bonchev–Trinajstić information content (AvgIpc) is 2.46. The van der Waals surface area contributed by atoms with E-state index in [9.17, 15) is 13.2 Å². The average molecular weight is 313 g/mol. The van der Waals surface area contributed by atoms with Crippen molar-refractivity contribution in [3.05, 3.63) is 29.8 Å². The van der Waals surface area contributed by atoms with Gasteiger partial charge in [0.2, 0.25) is 0 Å². The maximum absolute atomic E-state index is 11.7. The van der Waals surface area contributed by atoms with Gasteiger partial charge >= 0.3 is 6.03 Å². The number of amides is 2. The van der Waals surface area contributed by atoms with Crippen LogP contribution < -0.4 is 16.0 Å². The fourth-order valence-corrected chi connectivity index (χ4v) is 2.39. The van der Waals surface area contributed by atoms with Gasteiger partial charge in [0.15, 0.2) is 9.84 Å². The highest BCUT2D eigenvalue weighted by Crippen LogP contribution is 2.16. The van der Waals surface area contributed by atoms with Gasteiger partial charge in [0.25, 0.3) is 0 Å². The van der Waals surface area contributed by atoms with Gasteiger partial charge in [-0.05, 0) is 31.7 Å². The summed E-state index contributed by atoms with van der Waals surface area (Å²) in [6, 6.07) is 7.27. The van der Waals surface area contributed by atoms with Crippen LogP contribution in [0.2, 0.25) is 0 Å². The summed E-state index contributed by atoms with van der Waals surface area (Å²) in [5.74, 6) is 0.0357. The van der Waals surface area contributed by atoms with E-state index in [0.717, 1.165) is 5.56 Å². The van der Waals surface area contributed by atoms with Crippen LogP contribution >= 0.6 is 0 Å². The molecule has 0 radical (unpaired) electrons. The van der Waals surface area contributed by atoms with E-state index in [-0.39, 0.29) is 24.1 Å². The highest BCUT2D eigenvalue weighted by Gasteiger charge is 2.09. The van der Waals surface area contributed by atoms with Crippen molar-refractivity contribution in [3.63, 3.8) is 0 Å². The zero-order chi connectivity index (χ0) is 15.9. The molecular weight excluding hydrogens is 290 g/mol. The summed E-state index contributed by atoms with van der Waals surface area (Å²) in [5.41, 5.74) is 1.73. The summed E-state index contributed by atoms with van der Waals surface area (Å²) in [7, 11) is -1.19. The Morgan fingerprint density at radius 2 is 2.05 bits per heavy atom. The summed E-state index contributed by atoms with van der Waals surface area (Å²) in [6.07, 6.45) is 0. The van der Waals surface area contributed by atoms with Gasteiger partial charge in [-0.25, -0.2) is 13.2 Å². The van der Waals surface area contributed by atoms with Crippen LogP contribution in [-0.4, -0.2) is 39.5 Å². The summed E-state index contributed by atoms with van der Waals surface area (Å²) in [4.78, 5) is 11.7. The van der Waals surface area contributed by atoms with Crippen molar-refractivity contribution in [2.45, 2.75) is 19.9 Å². The Balaban J connectivity index is 2.52. The number of carbonyl (C=O) groups excluding carboxylic acids is 1. The number of rotatable bonds is 7. The standard InChI is InChI=1S/C14H23N3O3S/c1-4-21(19,20)9-8-16-14(18)17-13-7-5-6-12(10-13)11(2)15-3/h5-7,10-11,15H,4,8-9H2,1-3H3,(H2,16,17,18). The Labute approximate surface area is 126 Å². The van der Waals surface area contributed by atoms with Gasteiger partial charge in [-0.1, -0.05) is 19.1 Å². The Morgan fingerprint density at radius 3 is 2.67 bits per heavy atom. The van der Waals surface area contributed by atoms with Crippen molar-refractivity contribution < 1.29 is 13.2 Å². The molecule has 1 aromatic rings. The van der Waals surface area contributed by atoms with Crippen LogP contribution in [0.4, 0.5) is 10.5 Å². The second kappa shape index (κ2) is 7.99. The van der Waals surface area contributed by atoms with E-state index in [1.165, 1.54) is 0 Å². The summed E-state index contributed by atoms with van der Waals surface area (Å²) in [5, 5.41) is 8.36. The zero-order valence-electron chi connectivity index (χ0n) is 12.6. The molecule has 0 spiro atoms. The lowest BCUT2D eigenvalue weighted by molar-refractivity contribution is 0.252. The van der Waals surface area contributed by atoms with Crippen LogP contribution in [0, 0.1) is 0 Å². The fraction of sp³-hybridized carbons (Fsp3) is 0.500. The first-order chi connectivity index (χ1) is 9.88. The monoisotopic (exact) mass is 313 g/mol. The van der Waals surface area contributed by atoms with E-state index < -0.39 is 15.9 Å². The van der Waals surface area contributed by atoms with Gasteiger partial charge in [-0.3, -0.25) is 0 Å². The SMILES string of the molecule is CCS(=O)(=O)CCNC(=O)Nc1cccc(C(C)NC)c1. The molecule has 0 heterocycles. The van der Waals surface area contributed by atoms with Crippen molar-refractivity contribution >= 4 is 21.6 Å². The molecule has 0 aliphatic carbocycles. The van der Waals surface area contributed by atoms with Crippen LogP contribution in [0.15, 0.2) is 24.3 Å². The Bertz CT molecular complexity index is 573. The van der Waals surface area contributed by atoms with Gasteiger partial charge < -0.3 is 16.0 Å². The van der Waals surface area contributed by atoms with Crippen molar-refractivity contribution in [2.24, 2.45) is 0 Å². The van der Waals surface area contributed by atoms with E-state index in [2.05, 4.69) is 16.0 Å². The highest BCUT2D eigenvalue weighted by atomic mass is 32.2. The number of nitrogens with one attached hydrogen (secondary N) is 3. The third kappa shape index (κ3) is 6.14. The molecule has 1 unspecified atom stereocenters. The predicted octanol–water partition coefficient (Wildman–Crippen LogP) is 1.52. The first-order valence-electron chi connectivity index (χ1n) is 6.90. The number of benzene rings is 1. The molecule has 0 bridgehead atoms. The summed E-state index contributed by atoms with van der Waals surface area (Å²) >= 11 is 0. The van der Waals surface area contributed by atoms with E-state index in [4.69, 9.17) is 0 Å². The lowest BCUT2D eigenvalue weighted by atomic mass is 10.1. The second-order valence-electron chi connectivity index (χ2n) is 4.75. The van der Waals surface area contributed by atoms with E-state index in [1.807, 2.05) is 32.2 Å². The molecule has 0 aliphatic rings. The van der Waals surface area contributed by atoms with E-state index in [1.54, 1.807) is 13.0 Å². The quantitative estimate of drug-likeness (QED) is 0.712. The van der Waals surface area contributed by atoms with Gasteiger partial charge in [-0.2, -0.15) is 0 Å². The minimum absolute atomic E-state index is 0.0479. The number of carbonyl (C=O) groups is 1. The second-order valence-corrected chi connectivity index (χ2v) is 7.23. The van der Waals surface area contributed by atoms with Crippen molar-refractivity contribution in [3.8, 4) is 0 Å². The smallest absolute Gasteiger partial charge is 0.319 e. The largest absolute Gasteiger partial charge is 0.337 e. The Hall–Kier alpha value is -1.60. The van der Waals surface area contributed by atoms with Gasteiger partial charge in [0.1, 0.15) is 0 Å². The van der Waals surface area contributed by atoms with Gasteiger partial charge in [-0.15, -0.1) is 0 Å². The Morgan fingerprint density at radius 1 is 1.33 bits per heavy atom. The molecule has 3 N–H and O–H groups in total. The van der Waals surface area contributed by atoms with Crippen LogP contribution in [0.5, 0.6) is 0 Å². The molecule has 1 atom stereocenters. The van der Waals surface area contributed by atoms with Crippen molar-refractivity contribution in [2.75, 3.05) is 30.4 Å². The molecule has 1 aromatic carbocycles. The molecule has 0 aliphatic heterocycles. The fourth-order valence-electron chi connectivity index (χ4n) is 1.69. The number of sulfone groups is 1. The first kappa shape index (κ1) is 17.5. The molecule has 0 saturated heterocycles. The molecular formula is C14H23N3O3S. The molecule has 7 heteroatoms. The number of urea groups is 1. The molecule has 0 fully saturated rings. The number of anilines is 1. The highest BCUT2D eigenvalue weighted by molar-refractivity contribution is 7.91. The molecule has 2 amide bonds. The topological polar surface area (TPSA) is 87.3 Å². The van der Waals surface area contributed by atoms with E-state index >= 15 is 0 Å². The number of hydrogen-bond donors (Lipinski definition) is 3. The molecule has 0 saturated carbocycles. The van der Waals surface area contributed by atoms with Gasteiger partial charge in [0, 0.05) is 24.0 Å². The van der Waals surface area contributed by atoms with Gasteiger partial charge in [0.05, 0.1) is 5.75 Å². The van der Waals surface area contributed by atoms with Crippen molar-refractivity contribution in [1.82, 2.24) is 10.6 Å². The molecule has 1 rings (SSSR count). The minimum Gasteiger partial charge on any atom is -0.337 e. The van der Waals surface area contributed by atoms with Crippen LogP contribution in [0.1, 0.15) is 25.5 Å². The van der Waals surface area contributed by atoms with Crippen LogP contribution in [0.3, 0.4) is 0 Å². The zero-order valence-corrected chi connectivity index (χ0v) is 13.5. The molecule has 21 heavy (non-hydrogen) atoms. The van der Waals surface area contributed by atoms with E-state index in [0.29, 0.717) is 5.69 Å². The molecule has 6 nitrogen and oxygen atoms in total. The Kier molecular flexibility index (Phi) is 6.64. The normalized spacial score (nSPS) is 12.7. The third-order valence-corrected chi connectivity index (χ3v) is 4.92. The lowest BCUT2D eigenvalue weighted by Gasteiger charge is -2.13. The maximum atomic E-state index is 11.7. The number of hydrogen-bond acceptors (Lipinski definition) is 4. The minimum atomic E-state index is -3.06. The predicted molar refractivity (Wildman–Crippen MR) is 85.3 cm³/mol. The first-order valence-corrected chi connectivity index (χ1v) is 8.72. The van der Waals surface area contributed by atoms with Crippen LogP contribution in [0.25, 0.3) is 0 Å². The molecule has 0 aromatic heterocycles.